The van der Waals surface area contributed by atoms with Gasteiger partial charge in [-0.05, 0) is 60.9 Å². The Kier molecular flexibility index (Phi) is 5.61. The number of fused-ring (bicyclic) bond motifs is 1. The number of hydrogen-bond acceptors (Lipinski definition) is 3. The zero-order valence-corrected chi connectivity index (χ0v) is 16.9. The number of nitrogens with zero attached hydrogens (tertiary/aromatic N) is 1. The molecule has 1 aliphatic heterocycles. The van der Waals surface area contributed by atoms with E-state index in [0.717, 1.165) is 23.6 Å². The second kappa shape index (κ2) is 8.49. The van der Waals surface area contributed by atoms with Crippen LogP contribution < -0.4 is 5.32 Å². The highest BCUT2D eigenvalue weighted by Gasteiger charge is 2.29. The average molecular weight is 400 g/mol. The molecule has 1 N–H and O–H groups in total. The lowest BCUT2D eigenvalue weighted by Crippen LogP contribution is -2.44. The van der Waals surface area contributed by atoms with E-state index in [1.165, 1.54) is 6.92 Å². The van der Waals surface area contributed by atoms with Crippen LogP contribution in [-0.2, 0) is 0 Å². The molecule has 1 unspecified atom stereocenters. The first-order valence-corrected chi connectivity index (χ1v) is 10.2. The molecule has 30 heavy (non-hydrogen) atoms. The minimum Gasteiger partial charge on any atom is -0.324 e. The number of nitrogens with one attached hydrogen (secondary N) is 1. The van der Waals surface area contributed by atoms with E-state index in [-0.39, 0.29) is 23.5 Å². The van der Waals surface area contributed by atoms with Gasteiger partial charge in [-0.25, -0.2) is 4.79 Å². The van der Waals surface area contributed by atoms with Crippen molar-refractivity contribution in [2.45, 2.75) is 19.8 Å². The predicted molar refractivity (Wildman–Crippen MR) is 118 cm³/mol. The highest BCUT2D eigenvalue weighted by molar-refractivity contribution is 6.02. The van der Waals surface area contributed by atoms with Crippen molar-refractivity contribution in [3.8, 4) is 0 Å². The smallest absolute Gasteiger partial charge is 0.321 e. The fourth-order valence-corrected chi connectivity index (χ4v) is 3.94. The van der Waals surface area contributed by atoms with Crippen molar-refractivity contribution in [1.29, 1.82) is 0 Å². The molecule has 3 aromatic carbocycles. The van der Waals surface area contributed by atoms with Crippen LogP contribution in [0, 0.1) is 5.92 Å². The number of piperidine rings is 1. The predicted octanol–water partition coefficient (Wildman–Crippen LogP) is 5.17. The number of likely N-dealkylation sites (tertiary alicyclic amines) is 1. The molecule has 1 fully saturated rings. The first-order chi connectivity index (χ1) is 14.5. The molecular weight excluding hydrogens is 376 g/mol. The Hall–Kier alpha value is -3.47. The van der Waals surface area contributed by atoms with Crippen LogP contribution in [0.15, 0.2) is 66.7 Å². The van der Waals surface area contributed by atoms with Crippen LogP contribution in [0.25, 0.3) is 10.8 Å². The van der Waals surface area contributed by atoms with Crippen molar-refractivity contribution in [3.63, 3.8) is 0 Å². The number of Topliss-reactive ketones (excluding diaryl/α,β-unsaturated/α-hetero) is 2. The second-order valence-corrected chi connectivity index (χ2v) is 7.78. The number of carbonyl (C=O) groups is 3. The zero-order chi connectivity index (χ0) is 21.1. The molecule has 5 nitrogen and oxygen atoms in total. The van der Waals surface area contributed by atoms with Crippen molar-refractivity contribution in [1.82, 2.24) is 4.90 Å². The van der Waals surface area contributed by atoms with Crippen LogP contribution in [0.3, 0.4) is 0 Å². The number of hydrogen-bond donors (Lipinski definition) is 1. The molecule has 0 radical (unpaired) electrons. The Bertz CT molecular complexity index is 1100. The molecule has 2 amide bonds. The first-order valence-electron chi connectivity index (χ1n) is 10.2. The van der Waals surface area contributed by atoms with Gasteiger partial charge in [0, 0.05) is 35.8 Å². The molecule has 1 atom stereocenters. The average Bonchev–Trinajstić information content (AvgIpc) is 2.78. The summed E-state index contributed by atoms with van der Waals surface area (Å²) in [6, 6.07) is 20.4. The third kappa shape index (κ3) is 4.25. The van der Waals surface area contributed by atoms with Crippen molar-refractivity contribution >= 4 is 34.1 Å². The molecule has 152 valence electrons. The van der Waals surface area contributed by atoms with E-state index in [1.807, 2.05) is 42.5 Å². The van der Waals surface area contributed by atoms with Gasteiger partial charge in [0.05, 0.1) is 0 Å². The molecule has 3 aromatic rings. The van der Waals surface area contributed by atoms with E-state index >= 15 is 0 Å². The molecule has 5 heteroatoms. The van der Waals surface area contributed by atoms with Gasteiger partial charge in [-0.3, -0.25) is 9.59 Å². The van der Waals surface area contributed by atoms with Crippen molar-refractivity contribution in [2.75, 3.05) is 18.4 Å². The number of amides is 2. The lowest BCUT2D eigenvalue weighted by Gasteiger charge is -2.32. The Morgan fingerprint density at radius 1 is 0.900 bits per heavy atom. The molecule has 1 saturated heterocycles. The maximum atomic E-state index is 13.1. The quantitative estimate of drug-likeness (QED) is 0.615. The van der Waals surface area contributed by atoms with Gasteiger partial charge in [0.25, 0.3) is 0 Å². The summed E-state index contributed by atoms with van der Waals surface area (Å²) in [6.07, 6.45) is 1.57. The minimum absolute atomic E-state index is 0.0149. The number of rotatable bonds is 4. The Morgan fingerprint density at radius 2 is 1.60 bits per heavy atom. The highest BCUT2D eigenvalue weighted by Crippen LogP contribution is 2.24. The number of ketones is 2. The largest absolute Gasteiger partial charge is 0.324 e. The summed E-state index contributed by atoms with van der Waals surface area (Å²) in [6.45, 7) is 2.54. The van der Waals surface area contributed by atoms with Crippen molar-refractivity contribution < 1.29 is 14.4 Å². The molecule has 0 aliphatic carbocycles. The normalized spacial score (nSPS) is 16.3. The van der Waals surface area contributed by atoms with E-state index in [9.17, 15) is 14.4 Å². The third-order valence-corrected chi connectivity index (χ3v) is 5.66. The van der Waals surface area contributed by atoms with Crippen LogP contribution in [0.1, 0.15) is 40.5 Å². The van der Waals surface area contributed by atoms with Crippen molar-refractivity contribution in [3.05, 3.63) is 77.9 Å². The number of benzene rings is 3. The van der Waals surface area contributed by atoms with Gasteiger partial charge in [-0.15, -0.1) is 0 Å². The number of anilines is 1. The van der Waals surface area contributed by atoms with Crippen LogP contribution in [0.5, 0.6) is 0 Å². The Morgan fingerprint density at radius 3 is 2.33 bits per heavy atom. The summed E-state index contributed by atoms with van der Waals surface area (Å²) in [5.41, 5.74) is 1.93. The van der Waals surface area contributed by atoms with Crippen LogP contribution in [0.4, 0.5) is 10.5 Å². The van der Waals surface area contributed by atoms with Crippen LogP contribution >= 0.6 is 0 Å². The highest BCUT2D eigenvalue weighted by atomic mass is 16.2. The monoisotopic (exact) mass is 400 g/mol. The first kappa shape index (κ1) is 19.8. The van der Waals surface area contributed by atoms with Gasteiger partial charge in [-0.1, -0.05) is 36.4 Å². The third-order valence-electron chi connectivity index (χ3n) is 5.66. The minimum atomic E-state index is -0.221. The number of urea groups is 1. The van der Waals surface area contributed by atoms with E-state index in [2.05, 4.69) is 5.32 Å². The fourth-order valence-electron chi connectivity index (χ4n) is 3.94. The van der Waals surface area contributed by atoms with E-state index in [0.29, 0.717) is 29.9 Å². The summed E-state index contributed by atoms with van der Waals surface area (Å²) in [5.74, 6) is -0.131. The number of carbonyl (C=O) groups excluding carboxylic acids is 3. The maximum Gasteiger partial charge on any atom is 0.321 e. The molecule has 0 saturated carbocycles. The summed E-state index contributed by atoms with van der Waals surface area (Å²) >= 11 is 0. The molecule has 0 spiro atoms. The summed E-state index contributed by atoms with van der Waals surface area (Å²) in [7, 11) is 0. The van der Waals surface area contributed by atoms with Crippen LogP contribution in [-0.4, -0.2) is 35.6 Å². The van der Waals surface area contributed by atoms with Crippen LogP contribution in [0.2, 0.25) is 0 Å². The molecule has 4 rings (SSSR count). The molecule has 0 bridgehead atoms. The van der Waals surface area contributed by atoms with Crippen molar-refractivity contribution in [2.24, 2.45) is 5.92 Å². The van der Waals surface area contributed by atoms with Gasteiger partial charge >= 0.3 is 6.03 Å². The summed E-state index contributed by atoms with van der Waals surface area (Å²) in [5, 5.41) is 5.02. The lowest BCUT2D eigenvalue weighted by atomic mass is 9.89. The Balaban J connectivity index is 1.43. The van der Waals surface area contributed by atoms with E-state index in [1.54, 1.807) is 29.2 Å². The van der Waals surface area contributed by atoms with E-state index < -0.39 is 0 Å². The van der Waals surface area contributed by atoms with E-state index in [4.69, 9.17) is 0 Å². The van der Waals surface area contributed by atoms with Gasteiger partial charge in [0.15, 0.2) is 11.6 Å². The molecular formula is C25H24N2O3. The lowest BCUT2D eigenvalue weighted by molar-refractivity contribution is 0.0851. The Labute approximate surface area is 175 Å². The SMILES string of the molecule is CC(=O)c1ccc(NC(=O)N2CCCC(C(=O)c3ccc4ccccc4c3)C2)cc1. The second-order valence-electron chi connectivity index (χ2n) is 7.78. The fraction of sp³-hybridized carbons (Fsp3) is 0.240. The maximum absolute atomic E-state index is 13.1. The molecule has 1 aliphatic rings. The topological polar surface area (TPSA) is 66.5 Å². The van der Waals surface area contributed by atoms with Gasteiger partial charge in [0.2, 0.25) is 0 Å². The summed E-state index contributed by atoms with van der Waals surface area (Å²) in [4.78, 5) is 38.9. The van der Waals surface area contributed by atoms with Gasteiger partial charge in [0.1, 0.15) is 0 Å². The molecule has 1 heterocycles. The van der Waals surface area contributed by atoms with Gasteiger partial charge < -0.3 is 10.2 Å². The zero-order valence-electron chi connectivity index (χ0n) is 16.9. The van der Waals surface area contributed by atoms with Gasteiger partial charge in [-0.2, -0.15) is 0 Å². The summed E-state index contributed by atoms with van der Waals surface area (Å²) < 4.78 is 0. The molecule has 0 aromatic heterocycles. The standard InChI is InChI=1S/C25H24N2O3/c1-17(28)18-10-12-23(13-11-18)26-25(30)27-14-4-7-22(16-27)24(29)21-9-8-19-5-2-3-6-20(19)15-21/h2-3,5-6,8-13,15,22H,4,7,14,16H2,1H3,(H,26,30).